The fourth-order valence-electron chi connectivity index (χ4n) is 2.22. The Hall–Kier alpha value is -3.08. The highest BCUT2D eigenvalue weighted by Gasteiger charge is 2.15. The van der Waals surface area contributed by atoms with Crippen molar-refractivity contribution in [3.8, 4) is 0 Å². The maximum Gasteiger partial charge on any atom is 0.340 e. The summed E-state index contributed by atoms with van der Waals surface area (Å²) in [6, 6.07) is 13.9. The topological polar surface area (TPSA) is 79.4 Å². The number of aromatic amines is 1. The van der Waals surface area contributed by atoms with E-state index in [4.69, 9.17) is 9.84 Å². The summed E-state index contributed by atoms with van der Waals surface area (Å²) in [4.78, 5) is 26.2. The molecule has 0 saturated carbocycles. The van der Waals surface area contributed by atoms with Crippen LogP contribution in [0, 0.1) is 0 Å². The standard InChI is InChI=1S/C17H13NO4/c19-16(20)12-6-7-15-13(8-12)14(9-18-15)17(21)22-10-11-4-2-1-3-5-11/h1-9,18H,10H2,(H,19,20). The number of esters is 1. The maximum atomic E-state index is 12.2. The second-order valence-electron chi connectivity index (χ2n) is 4.83. The summed E-state index contributed by atoms with van der Waals surface area (Å²) in [5, 5.41) is 9.58. The van der Waals surface area contributed by atoms with Crippen molar-refractivity contribution in [2.45, 2.75) is 6.61 Å². The average molecular weight is 295 g/mol. The molecule has 5 heteroatoms. The molecule has 22 heavy (non-hydrogen) atoms. The van der Waals surface area contributed by atoms with Crippen LogP contribution < -0.4 is 0 Å². The first-order valence-corrected chi connectivity index (χ1v) is 6.70. The van der Waals surface area contributed by atoms with Crippen molar-refractivity contribution < 1.29 is 19.4 Å². The highest BCUT2D eigenvalue weighted by molar-refractivity contribution is 6.06. The Kier molecular flexibility index (Phi) is 3.62. The zero-order chi connectivity index (χ0) is 15.5. The summed E-state index contributed by atoms with van der Waals surface area (Å²) < 4.78 is 5.27. The number of carboxylic acids is 1. The lowest BCUT2D eigenvalue weighted by Gasteiger charge is -2.04. The van der Waals surface area contributed by atoms with Crippen molar-refractivity contribution in [1.29, 1.82) is 0 Å². The maximum absolute atomic E-state index is 12.2. The van der Waals surface area contributed by atoms with Crippen LogP contribution in [-0.4, -0.2) is 22.0 Å². The van der Waals surface area contributed by atoms with Gasteiger partial charge < -0.3 is 14.8 Å². The number of aromatic carboxylic acids is 1. The Morgan fingerprint density at radius 3 is 2.59 bits per heavy atom. The molecule has 0 bridgehead atoms. The zero-order valence-electron chi connectivity index (χ0n) is 11.6. The van der Waals surface area contributed by atoms with Crippen molar-refractivity contribution in [3.05, 3.63) is 71.4 Å². The average Bonchev–Trinajstić information content (AvgIpc) is 2.96. The lowest BCUT2D eigenvalue weighted by molar-refractivity contribution is 0.0474. The molecule has 0 atom stereocenters. The van der Waals surface area contributed by atoms with Gasteiger partial charge in [-0.15, -0.1) is 0 Å². The Balaban J connectivity index is 1.84. The Labute approximate surface area is 126 Å². The van der Waals surface area contributed by atoms with E-state index in [1.807, 2.05) is 30.3 Å². The van der Waals surface area contributed by atoms with Gasteiger partial charge in [-0.3, -0.25) is 0 Å². The molecule has 0 amide bonds. The smallest absolute Gasteiger partial charge is 0.340 e. The van der Waals surface area contributed by atoms with Crippen LogP contribution in [0.25, 0.3) is 10.9 Å². The van der Waals surface area contributed by atoms with Crippen LogP contribution in [0.3, 0.4) is 0 Å². The molecule has 2 aromatic carbocycles. The third-order valence-corrected chi connectivity index (χ3v) is 3.36. The van der Waals surface area contributed by atoms with Crippen molar-refractivity contribution in [1.82, 2.24) is 4.98 Å². The fraction of sp³-hybridized carbons (Fsp3) is 0.0588. The monoisotopic (exact) mass is 295 g/mol. The lowest BCUT2D eigenvalue weighted by Crippen LogP contribution is -2.05. The number of rotatable bonds is 4. The molecule has 0 aliphatic rings. The van der Waals surface area contributed by atoms with E-state index in [0.717, 1.165) is 5.56 Å². The minimum atomic E-state index is -1.04. The van der Waals surface area contributed by atoms with Gasteiger partial charge in [-0.2, -0.15) is 0 Å². The number of hydrogen-bond donors (Lipinski definition) is 2. The van der Waals surface area contributed by atoms with E-state index in [1.54, 1.807) is 6.07 Å². The van der Waals surface area contributed by atoms with Crippen LogP contribution in [0.4, 0.5) is 0 Å². The largest absolute Gasteiger partial charge is 0.478 e. The van der Waals surface area contributed by atoms with Gasteiger partial charge in [0.1, 0.15) is 6.61 Å². The molecule has 0 unspecified atom stereocenters. The van der Waals surface area contributed by atoms with Gasteiger partial charge >= 0.3 is 11.9 Å². The molecule has 0 fully saturated rings. The molecule has 0 radical (unpaired) electrons. The minimum Gasteiger partial charge on any atom is -0.478 e. The van der Waals surface area contributed by atoms with E-state index < -0.39 is 11.9 Å². The van der Waals surface area contributed by atoms with Crippen molar-refractivity contribution in [2.75, 3.05) is 0 Å². The van der Waals surface area contributed by atoms with Gasteiger partial charge in [-0.05, 0) is 23.8 Å². The highest BCUT2D eigenvalue weighted by atomic mass is 16.5. The van der Waals surface area contributed by atoms with E-state index in [1.165, 1.54) is 18.3 Å². The summed E-state index contributed by atoms with van der Waals surface area (Å²) in [5.41, 5.74) is 2.04. The van der Waals surface area contributed by atoms with Gasteiger partial charge in [0.25, 0.3) is 0 Å². The first-order valence-electron chi connectivity index (χ1n) is 6.70. The summed E-state index contributed by atoms with van der Waals surface area (Å²) in [5.74, 6) is -1.52. The van der Waals surface area contributed by atoms with Crippen molar-refractivity contribution in [2.24, 2.45) is 0 Å². The van der Waals surface area contributed by atoms with Gasteiger partial charge in [-0.25, -0.2) is 9.59 Å². The van der Waals surface area contributed by atoms with Gasteiger partial charge in [0.15, 0.2) is 0 Å². The second-order valence-corrected chi connectivity index (χ2v) is 4.83. The molecule has 2 N–H and O–H groups in total. The molecule has 3 rings (SSSR count). The quantitative estimate of drug-likeness (QED) is 0.724. The molecule has 0 spiro atoms. The van der Waals surface area contributed by atoms with E-state index in [9.17, 15) is 9.59 Å². The molecule has 1 heterocycles. The van der Waals surface area contributed by atoms with Crippen molar-refractivity contribution >= 4 is 22.8 Å². The number of benzene rings is 2. The number of aromatic nitrogens is 1. The van der Waals surface area contributed by atoms with Crippen LogP contribution >= 0.6 is 0 Å². The van der Waals surface area contributed by atoms with Gasteiger partial charge in [0.2, 0.25) is 0 Å². The summed E-state index contributed by atoms with van der Waals surface area (Å²) in [6.45, 7) is 0.172. The third-order valence-electron chi connectivity index (χ3n) is 3.36. The molecular weight excluding hydrogens is 282 g/mol. The van der Waals surface area contributed by atoms with Crippen LogP contribution in [0.5, 0.6) is 0 Å². The van der Waals surface area contributed by atoms with Crippen LogP contribution in [0.1, 0.15) is 26.3 Å². The third kappa shape index (κ3) is 2.69. The highest BCUT2D eigenvalue weighted by Crippen LogP contribution is 2.21. The molecule has 0 aliphatic carbocycles. The minimum absolute atomic E-state index is 0.129. The zero-order valence-corrected chi connectivity index (χ0v) is 11.6. The van der Waals surface area contributed by atoms with Crippen molar-refractivity contribution in [3.63, 3.8) is 0 Å². The Morgan fingerprint density at radius 2 is 1.86 bits per heavy atom. The summed E-state index contributed by atoms with van der Waals surface area (Å²) in [6.07, 6.45) is 1.53. The molecule has 5 nitrogen and oxygen atoms in total. The lowest BCUT2D eigenvalue weighted by atomic mass is 10.1. The number of H-pyrrole nitrogens is 1. The van der Waals surface area contributed by atoms with Gasteiger partial charge in [0, 0.05) is 17.1 Å². The number of carbonyl (C=O) groups excluding carboxylic acids is 1. The first kappa shape index (κ1) is 13.9. The molecule has 3 aromatic rings. The number of fused-ring (bicyclic) bond motifs is 1. The van der Waals surface area contributed by atoms with E-state index in [2.05, 4.69) is 4.98 Å². The molecule has 0 aliphatic heterocycles. The van der Waals surface area contributed by atoms with Crippen LogP contribution in [0.2, 0.25) is 0 Å². The number of carboxylic acid groups (broad SMARTS) is 1. The fourth-order valence-corrected chi connectivity index (χ4v) is 2.22. The van der Waals surface area contributed by atoms with Gasteiger partial charge in [-0.1, -0.05) is 30.3 Å². The molecule has 1 aromatic heterocycles. The van der Waals surface area contributed by atoms with Crippen LogP contribution in [-0.2, 0) is 11.3 Å². The first-order chi connectivity index (χ1) is 10.6. The predicted molar refractivity (Wildman–Crippen MR) is 80.8 cm³/mol. The number of ether oxygens (including phenoxy) is 1. The molecule has 110 valence electrons. The Morgan fingerprint density at radius 1 is 1.09 bits per heavy atom. The van der Waals surface area contributed by atoms with E-state index in [-0.39, 0.29) is 12.2 Å². The molecular formula is C17H13NO4. The van der Waals surface area contributed by atoms with E-state index in [0.29, 0.717) is 16.5 Å². The predicted octanol–water partition coefficient (Wildman–Crippen LogP) is 3.22. The van der Waals surface area contributed by atoms with Gasteiger partial charge in [0.05, 0.1) is 11.1 Å². The summed E-state index contributed by atoms with van der Waals surface area (Å²) >= 11 is 0. The SMILES string of the molecule is O=C(O)c1ccc2[nH]cc(C(=O)OCc3ccccc3)c2c1. The van der Waals surface area contributed by atoms with E-state index >= 15 is 0 Å². The Bertz CT molecular complexity index is 836. The second kappa shape index (κ2) is 5.73. The molecule has 0 saturated heterocycles. The number of carbonyl (C=O) groups is 2. The number of nitrogens with one attached hydrogen (secondary N) is 1. The normalized spacial score (nSPS) is 10.5. The van der Waals surface area contributed by atoms with Crippen LogP contribution in [0.15, 0.2) is 54.7 Å². The number of hydrogen-bond acceptors (Lipinski definition) is 3. The summed E-state index contributed by atoms with van der Waals surface area (Å²) in [7, 11) is 0.